The van der Waals surface area contributed by atoms with Crippen molar-refractivity contribution < 1.29 is 4.79 Å². The first-order chi connectivity index (χ1) is 10.4. The Hall–Kier alpha value is -2.17. The van der Waals surface area contributed by atoms with E-state index in [1.54, 1.807) is 0 Å². The fourth-order valence-corrected chi connectivity index (χ4v) is 3.36. The highest BCUT2D eigenvalue weighted by atomic mass is 16.2. The van der Waals surface area contributed by atoms with Crippen molar-refractivity contribution in [2.75, 3.05) is 11.4 Å². The molecule has 1 aromatic carbocycles. The van der Waals surface area contributed by atoms with Gasteiger partial charge in [-0.3, -0.25) is 9.59 Å². The van der Waals surface area contributed by atoms with Crippen LogP contribution >= 0.6 is 0 Å². The second-order valence-corrected chi connectivity index (χ2v) is 7.04. The van der Waals surface area contributed by atoms with Crippen molar-refractivity contribution in [3.63, 3.8) is 0 Å². The zero-order valence-corrected chi connectivity index (χ0v) is 13.1. The summed E-state index contributed by atoms with van der Waals surface area (Å²) < 4.78 is 0. The van der Waals surface area contributed by atoms with Crippen molar-refractivity contribution in [2.45, 2.75) is 39.0 Å². The average molecular weight is 297 g/mol. The Labute approximate surface area is 128 Å². The predicted octanol–water partition coefficient (Wildman–Crippen LogP) is 2.27. The third kappa shape index (κ3) is 1.74. The van der Waals surface area contributed by atoms with Crippen LogP contribution in [0.5, 0.6) is 0 Å². The second kappa shape index (κ2) is 4.18. The highest BCUT2D eigenvalue weighted by Gasteiger charge is 2.45. The number of anilines is 1. The number of benzene rings is 1. The number of rotatable bonds is 2. The van der Waals surface area contributed by atoms with Crippen LogP contribution in [0.3, 0.4) is 0 Å². The molecule has 2 aromatic rings. The summed E-state index contributed by atoms with van der Waals surface area (Å²) in [6, 6.07) is 3.85. The Morgan fingerprint density at radius 2 is 2.00 bits per heavy atom. The van der Waals surface area contributed by atoms with Gasteiger partial charge in [-0.05, 0) is 57.2 Å². The van der Waals surface area contributed by atoms with E-state index < -0.39 is 5.41 Å². The zero-order chi connectivity index (χ0) is 15.6. The molecule has 1 N–H and O–H groups in total. The number of amides is 1. The molecular formula is C17H19N3O2. The Kier molecular flexibility index (Phi) is 2.56. The van der Waals surface area contributed by atoms with Crippen molar-refractivity contribution in [2.24, 2.45) is 5.92 Å². The molecule has 2 heterocycles. The average Bonchev–Trinajstić information content (AvgIpc) is 3.28. The summed E-state index contributed by atoms with van der Waals surface area (Å²) in [5.41, 5.74) is 1.92. The number of aromatic nitrogens is 2. The van der Waals surface area contributed by atoms with Gasteiger partial charge in [-0.1, -0.05) is 0 Å². The van der Waals surface area contributed by atoms with Crippen molar-refractivity contribution in [1.29, 1.82) is 0 Å². The van der Waals surface area contributed by atoms with Crippen molar-refractivity contribution in [3.8, 4) is 0 Å². The molecule has 0 bridgehead atoms. The monoisotopic (exact) mass is 297 g/mol. The molecule has 0 radical (unpaired) electrons. The first-order valence-electron chi connectivity index (χ1n) is 7.75. The number of nitrogens with zero attached hydrogens (tertiary/aromatic N) is 2. The van der Waals surface area contributed by atoms with E-state index in [4.69, 9.17) is 0 Å². The summed E-state index contributed by atoms with van der Waals surface area (Å²) in [4.78, 5) is 26.8. The molecule has 1 amide bonds. The van der Waals surface area contributed by atoms with Crippen LogP contribution in [0.2, 0.25) is 0 Å². The maximum Gasteiger partial charge on any atom is 0.272 e. The standard InChI is InChI=1S/C17H19N3O2/c1-9-11-6-13-14(7-12(11)15(21)19-18-9)20(8-10-4-5-10)16(22)17(13,2)3/h6-7,10H,4-5,8H2,1-3H3,(H,19,21). The van der Waals surface area contributed by atoms with Gasteiger partial charge in [-0.2, -0.15) is 5.10 Å². The molecule has 0 saturated heterocycles. The molecule has 0 spiro atoms. The van der Waals surface area contributed by atoms with Gasteiger partial charge in [0.1, 0.15) is 0 Å². The van der Waals surface area contributed by atoms with E-state index in [0.29, 0.717) is 11.3 Å². The zero-order valence-electron chi connectivity index (χ0n) is 13.1. The van der Waals surface area contributed by atoms with Gasteiger partial charge in [0.15, 0.2) is 0 Å². The molecule has 5 nitrogen and oxygen atoms in total. The lowest BCUT2D eigenvalue weighted by Crippen LogP contribution is -2.37. The van der Waals surface area contributed by atoms with Crippen LogP contribution < -0.4 is 10.5 Å². The lowest BCUT2D eigenvalue weighted by molar-refractivity contribution is -0.122. The highest BCUT2D eigenvalue weighted by molar-refractivity contribution is 6.10. The van der Waals surface area contributed by atoms with Crippen LogP contribution in [-0.2, 0) is 10.2 Å². The molecule has 0 unspecified atom stereocenters. The van der Waals surface area contributed by atoms with Crippen LogP contribution in [0.25, 0.3) is 10.8 Å². The molecule has 1 aliphatic carbocycles. The first kappa shape index (κ1) is 13.5. The van der Waals surface area contributed by atoms with E-state index >= 15 is 0 Å². The molecule has 5 heteroatoms. The Morgan fingerprint density at radius 3 is 2.68 bits per heavy atom. The van der Waals surface area contributed by atoms with E-state index in [1.165, 1.54) is 12.8 Å². The fourth-order valence-electron chi connectivity index (χ4n) is 3.36. The molecule has 0 atom stereocenters. The van der Waals surface area contributed by atoms with Crippen LogP contribution in [0.15, 0.2) is 16.9 Å². The third-order valence-electron chi connectivity index (χ3n) is 4.98. The molecule has 1 saturated carbocycles. The van der Waals surface area contributed by atoms with E-state index in [1.807, 2.05) is 37.8 Å². The summed E-state index contributed by atoms with van der Waals surface area (Å²) in [5, 5.41) is 8.00. The number of aryl methyl sites for hydroxylation is 1. The fraction of sp³-hybridized carbons (Fsp3) is 0.471. The summed E-state index contributed by atoms with van der Waals surface area (Å²) in [6.45, 7) is 6.56. The Morgan fingerprint density at radius 1 is 1.27 bits per heavy atom. The largest absolute Gasteiger partial charge is 0.311 e. The number of H-pyrrole nitrogens is 1. The van der Waals surface area contributed by atoms with Crippen molar-refractivity contribution >= 4 is 22.4 Å². The minimum atomic E-state index is -0.548. The number of aromatic amines is 1. The number of hydrogen-bond acceptors (Lipinski definition) is 3. The van der Waals surface area contributed by atoms with Gasteiger partial charge in [0.05, 0.1) is 16.5 Å². The van der Waals surface area contributed by atoms with E-state index in [0.717, 1.165) is 28.9 Å². The summed E-state index contributed by atoms with van der Waals surface area (Å²) in [6.07, 6.45) is 2.38. The quantitative estimate of drug-likeness (QED) is 0.924. The maximum absolute atomic E-state index is 12.8. The van der Waals surface area contributed by atoms with Crippen LogP contribution in [0.1, 0.15) is 37.9 Å². The highest BCUT2D eigenvalue weighted by Crippen LogP contribution is 2.45. The molecule has 1 aliphatic heterocycles. The minimum Gasteiger partial charge on any atom is -0.311 e. The van der Waals surface area contributed by atoms with E-state index in [-0.39, 0.29) is 11.5 Å². The lowest BCUT2D eigenvalue weighted by atomic mass is 9.85. The number of hydrogen-bond donors (Lipinski definition) is 1. The van der Waals surface area contributed by atoms with Gasteiger partial charge in [0.2, 0.25) is 5.91 Å². The molecule has 1 fully saturated rings. The van der Waals surface area contributed by atoms with E-state index in [2.05, 4.69) is 10.2 Å². The van der Waals surface area contributed by atoms with Crippen LogP contribution in [0.4, 0.5) is 5.69 Å². The molecule has 114 valence electrons. The molecular weight excluding hydrogens is 278 g/mol. The van der Waals surface area contributed by atoms with Gasteiger partial charge >= 0.3 is 0 Å². The van der Waals surface area contributed by atoms with Gasteiger partial charge < -0.3 is 4.90 Å². The molecule has 4 rings (SSSR count). The van der Waals surface area contributed by atoms with Crippen LogP contribution in [-0.4, -0.2) is 22.6 Å². The van der Waals surface area contributed by atoms with Gasteiger partial charge in [-0.15, -0.1) is 0 Å². The molecule has 22 heavy (non-hydrogen) atoms. The normalized spacial score (nSPS) is 19.8. The smallest absolute Gasteiger partial charge is 0.272 e. The van der Waals surface area contributed by atoms with Crippen molar-refractivity contribution in [3.05, 3.63) is 33.7 Å². The maximum atomic E-state index is 12.8. The second-order valence-electron chi connectivity index (χ2n) is 7.04. The Bertz CT molecular complexity index is 862. The summed E-state index contributed by atoms with van der Waals surface area (Å²) in [7, 11) is 0. The lowest BCUT2D eigenvalue weighted by Gasteiger charge is -2.20. The van der Waals surface area contributed by atoms with Gasteiger partial charge in [0, 0.05) is 17.6 Å². The topological polar surface area (TPSA) is 66.1 Å². The first-order valence-corrected chi connectivity index (χ1v) is 7.75. The summed E-state index contributed by atoms with van der Waals surface area (Å²) >= 11 is 0. The number of nitrogens with one attached hydrogen (secondary N) is 1. The number of carbonyl (C=O) groups is 1. The van der Waals surface area contributed by atoms with Gasteiger partial charge in [0.25, 0.3) is 5.56 Å². The Balaban J connectivity index is 1.99. The molecule has 1 aromatic heterocycles. The summed E-state index contributed by atoms with van der Waals surface area (Å²) in [5.74, 6) is 0.741. The van der Waals surface area contributed by atoms with Gasteiger partial charge in [-0.25, -0.2) is 5.10 Å². The third-order valence-corrected chi connectivity index (χ3v) is 4.98. The van der Waals surface area contributed by atoms with E-state index in [9.17, 15) is 9.59 Å². The van der Waals surface area contributed by atoms with Crippen LogP contribution in [0, 0.1) is 12.8 Å². The SMILES string of the molecule is Cc1n[nH]c(=O)c2cc3c(cc12)C(C)(C)C(=O)N3CC1CC1. The minimum absolute atomic E-state index is 0.131. The van der Waals surface area contributed by atoms with Crippen molar-refractivity contribution in [1.82, 2.24) is 10.2 Å². The number of carbonyl (C=O) groups excluding carboxylic acids is 1. The number of fused-ring (bicyclic) bond motifs is 2. The predicted molar refractivity (Wildman–Crippen MR) is 85.2 cm³/mol. The molecule has 2 aliphatic rings.